The standard InChI is InChI=1S/C28H28FN6O/c1-28(2)7-5-16(36)9-19(28)18-12-32-27-24(26(18)35-8-6-15-13-34(4)14-22(15)35)23-17(11-30)20(29)10-21(31-3)25(23)33-27/h5,7,9-10,12,15,22,31H,1,6,8,13-14H2,2-4H3,(H,32,33)/t15-,22+,28?/m0/s1. The molecule has 1 radical (unpaired) electrons. The molecular formula is C28H28FN6O. The third-order valence-corrected chi connectivity index (χ3v) is 8.03. The number of H-pyrrole nitrogens is 1. The first-order valence-corrected chi connectivity index (χ1v) is 12.2. The first-order valence-electron chi connectivity index (χ1n) is 12.2. The van der Waals surface area contributed by atoms with Gasteiger partial charge in [0.15, 0.2) is 5.78 Å². The number of halogens is 1. The predicted molar refractivity (Wildman–Crippen MR) is 140 cm³/mol. The van der Waals surface area contributed by atoms with Crippen LogP contribution in [-0.2, 0) is 4.79 Å². The van der Waals surface area contributed by atoms with E-state index in [0.717, 1.165) is 42.9 Å². The number of hydrogen-bond acceptors (Lipinski definition) is 6. The average Bonchev–Trinajstić information content (AvgIpc) is 3.52. The molecule has 2 aromatic heterocycles. The normalized spacial score (nSPS) is 23.4. The molecule has 4 heterocycles. The van der Waals surface area contributed by atoms with Gasteiger partial charge in [0.1, 0.15) is 17.5 Å². The second kappa shape index (κ2) is 7.90. The number of hydrogen-bond donors (Lipinski definition) is 2. The maximum absolute atomic E-state index is 15.2. The first-order chi connectivity index (χ1) is 17.2. The third kappa shape index (κ3) is 3.19. The number of anilines is 2. The van der Waals surface area contributed by atoms with Crippen molar-refractivity contribution in [2.45, 2.75) is 19.4 Å². The largest absolute Gasteiger partial charge is 0.386 e. The van der Waals surface area contributed by atoms with E-state index in [1.165, 1.54) is 6.07 Å². The molecule has 2 saturated heterocycles. The lowest BCUT2D eigenvalue weighted by Gasteiger charge is -2.33. The fraction of sp³-hybridized carbons (Fsp3) is 0.357. The number of benzene rings is 1. The van der Waals surface area contributed by atoms with Crippen molar-refractivity contribution in [3.8, 4) is 6.07 Å². The Bertz CT molecular complexity index is 1540. The predicted octanol–water partition coefficient (Wildman–Crippen LogP) is 4.27. The van der Waals surface area contributed by atoms with Crippen LogP contribution in [-0.4, -0.2) is 60.4 Å². The van der Waals surface area contributed by atoms with Crippen molar-refractivity contribution >= 4 is 44.7 Å². The summed E-state index contributed by atoms with van der Waals surface area (Å²) in [6.07, 6.45) is 7.84. The van der Waals surface area contributed by atoms with Crippen LogP contribution < -0.4 is 10.2 Å². The maximum atomic E-state index is 15.2. The number of nitriles is 1. The quantitative estimate of drug-likeness (QED) is 0.579. The zero-order valence-electron chi connectivity index (χ0n) is 20.7. The molecule has 3 aliphatic rings. The summed E-state index contributed by atoms with van der Waals surface area (Å²) in [5.74, 6) is -0.162. The number of nitrogens with zero attached hydrogens (tertiary/aromatic N) is 4. The highest BCUT2D eigenvalue weighted by Crippen LogP contribution is 2.49. The molecule has 8 heteroatoms. The van der Waals surface area contributed by atoms with Gasteiger partial charge in [-0.1, -0.05) is 13.0 Å². The highest BCUT2D eigenvalue weighted by molar-refractivity contribution is 6.20. The number of likely N-dealkylation sites (tertiary alicyclic amines) is 1. The summed E-state index contributed by atoms with van der Waals surface area (Å²) < 4.78 is 15.2. The van der Waals surface area contributed by atoms with Crippen molar-refractivity contribution in [3.63, 3.8) is 0 Å². The van der Waals surface area contributed by atoms with Gasteiger partial charge in [-0.15, -0.1) is 0 Å². The van der Waals surface area contributed by atoms with Crippen LogP contribution in [0.2, 0.25) is 0 Å². The molecule has 6 rings (SSSR count). The highest BCUT2D eigenvalue weighted by atomic mass is 19.1. The van der Waals surface area contributed by atoms with E-state index in [2.05, 4.69) is 40.1 Å². The van der Waals surface area contributed by atoms with Crippen LogP contribution in [0.4, 0.5) is 15.8 Å². The van der Waals surface area contributed by atoms with Crippen molar-refractivity contribution in [1.82, 2.24) is 14.9 Å². The van der Waals surface area contributed by atoms with Crippen molar-refractivity contribution in [3.05, 3.63) is 54.4 Å². The van der Waals surface area contributed by atoms with Gasteiger partial charge in [0.05, 0.1) is 27.8 Å². The summed E-state index contributed by atoms with van der Waals surface area (Å²) in [6.45, 7) is 9.13. The Hall–Kier alpha value is -3.70. The molecule has 2 N–H and O–H groups in total. The van der Waals surface area contributed by atoms with Crippen molar-refractivity contribution in [1.29, 1.82) is 5.26 Å². The van der Waals surface area contributed by atoms with Gasteiger partial charge in [-0.3, -0.25) is 4.79 Å². The Morgan fingerprint density at radius 1 is 1.36 bits per heavy atom. The van der Waals surface area contributed by atoms with Crippen LogP contribution in [0, 0.1) is 35.4 Å². The number of pyridine rings is 1. The van der Waals surface area contributed by atoms with Crippen LogP contribution in [0.3, 0.4) is 0 Å². The fourth-order valence-electron chi connectivity index (χ4n) is 6.33. The minimum atomic E-state index is -0.644. The number of ketones is 1. The Labute approximate surface area is 209 Å². The summed E-state index contributed by atoms with van der Waals surface area (Å²) in [6, 6.07) is 3.71. The molecule has 2 fully saturated rings. The van der Waals surface area contributed by atoms with Gasteiger partial charge in [-0.25, -0.2) is 9.37 Å². The van der Waals surface area contributed by atoms with E-state index in [4.69, 9.17) is 4.98 Å². The number of aromatic nitrogens is 2. The van der Waals surface area contributed by atoms with E-state index in [9.17, 15) is 10.1 Å². The van der Waals surface area contributed by atoms with Crippen LogP contribution in [0.15, 0.2) is 30.5 Å². The van der Waals surface area contributed by atoms with E-state index < -0.39 is 11.2 Å². The van der Waals surface area contributed by atoms with Gasteiger partial charge in [0.25, 0.3) is 0 Å². The van der Waals surface area contributed by atoms with Crippen molar-refractivity contribution in [2.24, 2.45) is 11.3 Å². The molecule has 3 aromatic rings. The molecule has 36 heavy (non-hydrogen) atoms. The lowest BCUT2D eigenvalue weighted by Crippen LogP contribution is -2.35. The topological polar surface area (TPSA) is 88.0 Å². The number of carbonyl (C=O) groups excluding carboxylic acids is 1. The summed E-state index contributed by atoms with van der Waals surface area (Å²) in [7, 11) is 3.86. The van der Waals surface area contributed by atoms with Gasteiger partial charge >= 0.3 is 0 Å². The number of likely N-dealkylation sites (N-methyl/N-ethyl adjacent to an activating group) is 1. The molecule has 183 valence electrons. The van der Waals surface area contributed by atoms with Crippen LogP contribution in [0.1, 0.15) is 24.5 Å². The Morgan fingerprint density at radius 3 is 2.92 bits per heavy atom. The molecule has 0 saturated carbocycles. The van der Waals surface area contributed by atoms with Crippen molar-refractivity contribution < 1.29 is 9.18 Å². The van der Waals surface area contributed by atoms with Gasteiger partial charge in [-0.2, -0.15) is 5.26 Å². The SMILES string of the molecule is [CH2]C1(C)C=CC(=O)C=C1c1cnc2[nH]c3c(NC)cc(F)c(C#N)c3c2c1N1CC[C@H]2CN(C)C[C@H]21. The maximum Gasteiger partial charge on any atom is 0.178 e. The van der Waals surface area contributed by atoms with Gasteiger partial charge < -0.3 is 20.1 Å². The molecule has 2 aliphatic heterocycles. The molecule has 1 unspecified atom stereocenters. The first kappa shape index (κ1) is 22.7. The molecule has 0 amide bonds. The molecular weight excluding hydrogens is 455 g/mol. The Kier molecular flexibility index (Phi) is 4.99. The van der Waals surface area contributed by atoms with Gasteiger partial charge in [0, 0.05) is 61.4 Å². The summed E-state index contributed by atoms with van der Waals surface area (Å²) in [5, 5.41) is 14.3. The second-order valence-corrected chi connectivity index (χ2v) is 10.5. The molecule has 7 nitrogen and oxygen atoms in total. The second-order valence-electron chi connectivity index (χ2n) is 10.5. The van der Waals surface area contributed by atoms with Gasteiger partial charge in [0.2, 0.25) is 0 Å². The fourth-order valence-corrected chi connectivity index (χ4v) is 6.33. The van der Waals surface area contributed by atoms with Gasteiger partial charge in [-0.05, 0) is 44.0 Å². The summed E-state index contributed by atoms with van der Waals surface area (Å²) >= 11 is 0. The smallest absolute Gasteiger partial charge is 0.178 e. The summed E-state index contributed by atoms with van der Waals surface area (Å²) in [5.41, 5.74) is 3.59. The lowest BCUT2D eigenvalue weighted by atomic mass is 9.76. The zero-order chi connectivity index (χ0) is 25.4. The zero-order valence-corrected chi connectivity index (χ0v) is 20.7. The highest BCUT2D eigenvalue weighted by Gasteiger charge is 2.43. The number of fused-ring (bicyclic) bond motifs is 4. The number of rotatable bonds is 3. The summed E-state index contributed by atoms with van der Waals surface area (Å²) in [4.78, 5) is 25.3. The number of nitrogens with one attached hydrogen (secondary N) is 2. The number of allylic oxidation sites excluding steroid dienone is 4. The monoisotopic (exact) mass is 483 g/mol. The Morgan fingerprint density at radius 2 is 2.17 bits per heavy atom. The number of carbonyl (C=O) groups is 1. The van der Waals surface area contributed by atoms with E-state index in [-0.39, 0.29) is 17.4 Å². The van der Waals surface area contributed by atoms with Crippen molar-refractivity contribution in [2.75, 3.05) is 43.9 Å². The van der Waals surface area contributed by atoms with Crippen LogP contribution in [0.25, 0.3) is 27.5 Å². The molecule has 0 bridgehead atoms. The van der Waals surface area contributed by atoms with E-state index in [1.807, 2.05) is 13.0 Å². The van der Waals surface area contributed by atoms with Crippen LogP contribution in [0.5, 0.6) is 0 Å². The number of aromatic amines is 1. The molecule has 1 aromatic carbocycles. The van der Waals surface area contributed by atoms with E-state index in [1.54, 1.807) is 25.4 Å². The Balaban J connectivity index is 1.74. The average molecular weight is 484 g/mol. The molecule has 1 aliphatic carbocycles. The van der Waals surface area contributed by atoms with E-state index >= 15 is 4.39 Å². The third-order valence-electron chi connectivity index (χ3n) is 8.03. The molecule has 0 spiro atoms. The molecule has 3 atom stereocenters. The minimum absolute atomic E-state index is 0.0132. The van der Waals surface area contributed by atoms with E-state index in [0.29, 0.717) is 33.5 Å². The van der Waals surface area contributed by atoms with Crippen LogP contribution >= 0.6 is 0 Å². The lowest BCUT2D eigenvalue weighted by molar-refractivity contribution is -0.110. The minimum Gasteiger partial charge on any atom is -0.386 e.